The van der Waals surface area contributed by atoms with Crippen molar-refractivity contribution in [1.29, 1.82) is 0 Å². The van der Waals surface area contributed by atoms with Gasteiger partial charge in [-0.3, -0.25) is 0 Å². The van der Waals surface area contributed by atoms with E-state index in [1.54, 1.807) is 0 Å². The largest absolute Gasteiger partial charge is 0.316 e. The van der Waals surface area contributed by atoms with Gasteiger partial charge in [-0.25, -0.2) is 4.68 Å². The van der Waals surface area contributed by atoms with Gasteiger partial charge in [0.05, 0.1) is 20.5 Å². The van der Waals surface area contributed by atoms with Crippen molar-refractivity contribution in [2.24, 2.45) is 0 Å². The van der Waals surface area contributed by atoms with E-state index in [0.717, 1.165) is 21.4 Å². The van der Waals surface area contributed by atoms with Crippen LogP contribution in [0.1, 0.15) is 5.56 Å². The van der Waals surface area contributed by atoms with Gasteiger partial charge in [0.15, 0.2) is 0 Å². The average molecular weight is 348 g/mol. The van der Waals surface area contributed by atoms with Gasteiger partial charge in [-0.2, -0.15) is 5.10 Å². The molecule has 16 heavy (non-hydrogen) atoms. The fourth-order valence-corrected chi connectivity index (χ4v) is 2.24. The minimum absolute atomic E-state index is 0.715. The fraction of sp³-hybridized carbons (Fsp3) is 0.182. The second kappa shape index (κ2) is 5.16. The summed E-state index contributed by atoms with van der Waals surface area (Å²) in [4.78, 5) is 0. The summed E-state index contributed by atoms with van der Waals surface area (Å²) in [7, 11) is 1.91. The molecule has 0 radical (unpaired) electrons. The first-order chi connectivity index (χ1) is 7.72. The molecule has 0 unspecified atom stereocenters. The highest BCUT2D eigenvalue weighted by Crippen LogP contribution is 2.24. The first-order valence-electron chi connectivity index (χ1n) is 4.85. The van der Waals surface area contributed by atoms with Crippen LogP contribution < -0.4 is 5.32 Å². The molecule has 2 aromatic rings. The average Bonchev–Trinajstić information content (AvgIpc) is 2.65. The molecule has 84 valence electrons. The maximum Gasteiger partial charge on any atom is 0.0877 e. The summed E-state index contributed by atoms with van der Waals surface area (Å²) in [5, 5.41) is 8.13. The standard InChI is InChI=1S/C11H11ClIN3/c1-14-5-8-3-2-4-10(12)11(8)16-7-9(13)6-15-16/h2-4,6-7,14H,5H2,1H3. The lowest BCUT2D eigenvalue weighted by Gasteiger charge is -2.10. The van der Waals surface area contributed by atoms with Crippen molar-refractivity contribution < 1.29 is 0 Å². The van der Waals surface area contributed by atoms with Gasteiger partial charge in [0.1, 0.15) is 0 Å². The van der Waals surface area contributed by atoms with Crippen molar-refractivity contribution in [1.82, 2.24) is 15.1 Å². The Morgan fingerprint density at radius 3 is 2.94 bits per heavy atom. The molecule has 3 nitrogen and oxygen atoms in total. The summed E-state index contributed by atoms with van der Waals surface area (Å²) in [6.45, 7) is 0.770. The van der Waals surface area contributed by atoms with E-state index in [4.69, 9.17) is 11.6 Å². The van der Waals surface area contributed by atoms with E-state index in [9.17, 15) is 0 Å². The van der Waals surface area contributed by atoms with E-state index >= 15 is 0 Å². The zero-order valence-corrected chi connectivity index (χ0v) is 11.7. The van der Waals surface area contributed by atoms with Gasteiger partial charge in [-0.05, 0) is 41.3 Å². The monoisotopic (exact) mass is 347 g/mol. The van der Waals surface area contributed by atoms with Crippen LogP contribution in [0.25, 0.3) is 5.69 Å². The summed E-state index contributed by atoms with van der Waals surface area (Å²) in [6, 6.07) is 5.88. The number of nitrogens with zero attached hydrogens (tertiary/aromatic N) is 2. The lowest BCUT2D eigenvalue weighted by atomic mass is 10.2. The molecular weight excluding hydrogens is 336 g/mol. The molecule has 2 rings (SSSR count). The molecule has 1 N–H and O–H groups in total. The molecule has 0 spiro atoms. The number of para-hydroxylation sites is 1. The smallest absolute Gasteiger partial charge is 0.0877 e. The van der Waals surface area contributed by atoms with Gasteiger partial charge in [0.2, 0.25) is 0 Å². The number of benzene rings is 1. The lowest BCUT2D eigenvalue weighted by molar-refractivity contribution is 0.789. The number of hydrogen-bond donors (Lipinski definition) is 1. The van der Waals surface area contributed by atoms with Crippen LogP contribution in [0.2, 0.25) is 5.02 Å². The fourth-order valence-electron chi connectivity index (χ4n) is 1.57. The first kappa shape index (κ1) is 11.9. The van der Waals surface area contributed by atoms with Gasteiger partial charge >= 0.3 is 0 Å². The Morgan fingerprint density at radius 1 is 1.50 bits per heavy atom. The van der Waals surface area contributed by atoms with E-state index in [1.807, 2.05) is 42.3 Å². The van der Waals surface area contributed by atoms with Crippen molar-refractivity contribution in [2.45, 2.75) is 6.54 Å². The van der Waals surface area contributed by atoms with Crippen molar-refractivity contribution in [2.75, 3.05) is 7.05 Å². The summed E-state index contributed by atoms with van der Waals surface area (Å²) in [6.07, 6.45) is 3.77. The molecule has 5 heteroatoms. The molecule has 1 aromatic carbocycles. The van der Waals surface area contributed by atoms with Crippen LogP contribution in [0.3, 0.4) is 0 Å². The predicted molar refractivity (Wildman–Crippen MR) is 74.1 cm³/mol. The third kappa shape index (κ3) is 2.39. The Morgan fingerprint density at radius 2 is 2.31 bits per heavy atom. The molecule has 0 aliphatic rings. The highest BCUT2D eigenvalue weighted by molar-refractivity contribution is 14.1. The van der Waals surface area contributed by atoms with Gasteiger partial charge in [-0.1, -0.05) is 23.7 Å². The second-order valence-corrected chi connectivity index (χ2v) is 5.03. The molecular formula is C11H11ClIN3. The lowest BCUT2D eigenvalue weighted by Crippen LogP contribution is -2.09. The molecule has 0 saturated heterocycles. The normalized spacial score (nSPS) is 10.7. The second-order valence-electron chi connectivity index (χ2n) is 3.38. The summed E-state index contributed by atoms with van der Waals surface area (Å²) in [5.41, 5.74) is 2.08. The van der Waals surface area contributed by atoms with Crippen LogP contribution in [0.15, 0.2) is 30.6 Å². The number of halogens is 2. The molecule has 1 aromatic heterocycles. The van der Waals surface area contributed by atoms with Crippen LogP contribution in [0.4, 0.5) is 0 Å². The number of nitrogens with one attached hydrogen (secondary N) is 1. The number of hydrogen-bond acceptors (Lipinski definition) is 2. The number of aromatic nitrogens is 2. The molecule has 0 amide bonds. The van der Waals surface area contributed by atoms with E-state index in [-0.39, 0.29) is 0 Å². The minimum Gasteiger partial charge on any atom is -0.316 e. The summed E-state index contributed by atoms with van der Waals surface area (Å²) >= 11 is 8.45. The van der Waals surface area contributed by atoms with Crippen molar-refractivity contribution >= 4 is 34.2 Å². The Labute approximate surface area is 113 Å². The topological polar surface area (TPSA) is 29.9 Å². The summed E-state index contributed by atoms with van der Waals surface area (Å²) in [5.74, 6) is 0. The van der Waals surface area contributed by atoms with Gasteiger partial charge in [0, 0.05) is 12.7 Å². The SMILES string of the molecule is CNCc1cccc(Cl)c1-n1cc(I)cn1. The van der Waals surface area contributed by atoms with E-state index < -0.39 is 0 Å². The van der Waals surface area contributed by atoms with Crippen LogP contribution in [0.5, 0.6) is 0 Å². The third-order valence-electron chi connectivity index (χ3n) is 2.22. The van der Waals surface area contributed by atoms with E-state index in [1.165, 1.54) is 0 Å². The van der Waals surface area contributed by atoms with Crippen LogP contribution in [-0.4, -0.2) is 16.8 Å². The molecule has 0 aliphatic heterocycles. The van der Waals surface area contributed by atoms with Gasteiger partial charge < -0.3 is 5.32 Å². The quantitative estimate of drug-likeness (QED) is 0.865. The highest BCUT2D eigenvalue weighted by atomic mass is 127. The Bertz CT molecular complexity index is 496. The zero-order valence-electron chi connectivity index (χ0n) is 8.74. The molecule has 1 heterocycles. The molecule has 0 atom stereocenters. The maximum atomic E-state index is 6.22. The molecule has 0 bridgehead atoms. The van der Waals surface area contributed by atoms with Crippen molar-refractivity contribution in [3.63, 3.8) is 0 Å². The third-order valence-corrected chi connectivity index (χ3v) is 3.08. The number of rotatable bonds is 3. The predicted octanol–water partition coefficient (Wildman–Crippen LogP) is 2.85. The summed E-state index contributed by atoms with van der Waals surface area (Å²) < 4.78 is 2.91. The Balaban J connectivity index is 2.53. The first-order valence-corrected chi connectivity index (χ1v) is 6.30. The minimum atomic E-state index is 0.715. The molecule has 0 aliphatic carbocycles. The van der Waals surface area contributed by atoms with E-state index in [0.29, 0.717) is 5.02 Å². The van der Waals surface area contributed by atoms with Crippen molar-refractivity contribution in [3.05, 3.63) is 44.7 Å². The van der Waals surface area contributed by atoms with Crippen LogP contribution >= 0.6 is 34.2 Å². The highest BCUT2D eigenvalue weighted by Gasteiger charge is 2.09. The van der Waals surface area contributed by atoms with Gasteiger partial charge in [-0.15, -0.1) is 0 Å². The Kier molecular flexibility index (Phi) is 3.83. The Hall–Kier alpha value is -0.590. The van der Waals surface area contributed by atoms with Crippen molar-refractivity contribution in [3.8, 4) is 5.69 Å². The van der Waals surface area contributed by atoms with Crippen LogP contribution in [-0.2, 0) is 6.54 Å². The van der Waals surface area contributed by atoms with Crippen LogP contribution in [0, 0.1) is 3.57 Å². The zero-order chi connectivity index (χ0) is 11.5. The van der Waals surface area contributed by atoms with Gasteiger partial charge in [0.25, 0.3) is 0 Å². The molecule has 0 fully saturated rings. The molecule has 0 saturated carbocycles. The van der Waals surface area contributed by atoms with E-state index in [2.05, 4.69) is 33.0 Å². The maximum absolute atomic E-state index is 6.22.